The van der Waals surface area contributed by atoms with Gasteiger partial charge in [0.25, 0.3) is 0 Å². The molecule has 2 bridgehead atoms. The van der Waals surface area contributed by atoms with Gasteiger partial charge in [0.1, 0.15) is 0 Å². The lowest BCUT2D eigenvalue weighted by atomic mass is 9.73. The Hall–Kier alpha value is -0.610. The maximum Gasteiger partial charge on any atom is 0.158 e. The van der Waals surface area contributed by atoms with Crippen molar-refractivity contribution in [1.29, 1.82) is 0 Å². The average molecular weight is 195 g/mol. The number of fused-ring (bicyclic) bond motifs is 2. The van der Waals surface area contributed by atoms with Gasteiger partial charge in [-0.25, -0.2) is 0 Å². The van der Waals surface area contributed by atoms with E-state index >= 15 is 0 Å². The summed E-state index contributed by atoms with van der Waals surface area (Å²) < 4.78 is 0. The lowest BCUT2D eigenvalue weighted by Gasteiger charge is -2.49. The van der Waals surface area contributed by atoms with Gasteiger partial charge in [0.15, 0.2) is 5.60 Å². The van der Waals surface area contributed by atoms with Crippen LogP contribution in [0.25, 0.3) is 0 Å². The number of piperidine rings is 3. The second-order valence-electron chi connectivity index (χ2n) is 4.74. The van der Waals surface area contributed by atoms with Gasteiger partial charge in [-0.2, -0.15) is 0 Å². The Morgan fingerprint density at radius 3 is 2.79 bits per heavy atom. The fourth-order valence-corrected chi connectivity index (χ4v) is 3.10. The molecule has 3 saturated heterocycles. The first-order chi connectivity index (χ1) is 6.82. The number of rotatable bonds is 1. The summed E-state index contributed by atoms with van der Waals surface area (Å²) in [6.07, 6.45) is 3.51. The molecule has 0 amide bonds. The molecule has 1 atom stereocenters. The summed E-state index contributed by atoms with van der Waals surface area (Å²) in [6, 6.07) is 0. The third-order valence-corrected chi connectivity index (χ3v) is 3.92. The van der Waals surface area contributed by atoms with Crippen LogP contribution in [0.4, 0.5) is 0 Å². The topological polar surface area (TPSA) is 50.9 Å². The van der Waals surface area contributed by atoms with Crippen LogP contribution in [-0.4, -0.2) is 42.4 Å². The van der Waals surface area contributed by atoms with E-state index in [-0.39, 0.29) is 5.60 Å². The summed E-state index contributed by atoms with van der Waals surface area (Å²) in [7, 11) is 0. The predicted molar refractivity (Wildman–Crippen MR) is 54.1 cm³/mol. The molecule has 0 aliphatic carbocycles. The second kappa shape index (κ2) is 2.94. The Bertz CT molecular complexity index is 271. The number of nitrogens with zero attached hydrogens (tertiary/aromatic N) is 2. The van der Waals surface area contributed by atoms with Crippen LogP contribution in [0.2, 0.25) is 0 Å². The van der Waals surface area contributed by atoms with Gasteiger partial charge < -0.3 is 10.6 Å². The summed E-state index contributed by atoms with van der Waals surface area (Å²) in [5, 5.41) is 4.11. The molecule has 0 aromatic heterocycles. The minimum absolute atomic E-state index is 0.00516. The average Bonchev–Trinajstić information content (AvgIpc) is 2.63. The van der Waals surface area contributed by atoms with E-state index in [2.05, 4.69) is 10.1 Å². The second-order valence-corrected chi connectivity index (χ2v) is 4.74. The SMILES string of the molecule is NCC1=NOC2(C1)CN1CCC2CC1. The quantitative estimate of drug-likeness (QED) is 0.649. The molecule has 0 aromatic carbocycles. The molecule has 0 saturated carbocycles. The number of hydrogen-bond donors (Lipinski definition) is 1. The molecule has 4 heteroatoms. The molecule has 4 heterocycles. The molecule has 2 N–H and O–H groups in total. The standard InChI is InChI=1S/C10H17N3O/c11-6-9-5-10(14-12-9)7-13-3-1-8(10)2-4-13/h8H,1-7,11H2. The van der Waals surface area contributed by atoms with Crippen molar-refractivity contribution in [3.05, 3.63) is 0 Å². The molecule has 0 aromatic rings. The maximum atomic E-state index is 5.69. The summed E-state index contributed by atoms with van der Waals surface area (Å²) >= 11 is 0. The summed E-state index contributed by atoms with van der Waals surface area (Å²) in [5.41, 5.74) is 6.64. The molecule has 14 heavy (non-hydrogen) atoms. The molecule has 4 aliphatic rings. The van der Waals surface area contributed by atoms with Crippen LogP contribution in [0.3, 0.4) is 0 Å². The van der Waals surface area contributed by atoms with E-state index in [1.807, 2.05) is 0 Å². The molecule has 1 spiro atoms. The van der Waals surface area contributed by atoms with Crippen molar-refractivity contribution in [1.82, 2.24) is 4.90 Å². The lowest BCUT2D eigenvalue weighted by molar-refractivity contribution is -0.136. The van der Waals surface area contributed by atoms with E-state index < -0.39 is 0 Å². The zero-order valence-corrected chi connectivity index (χ0v) is 8.41. The van der Waals surface area contributed by atoms with Crippen LogP contribution in [0.15, 0.2) is 5.16 Å². The fourth-order valence-electron chi connectivity index (χ4n) is 3.10. The monoisotopic (exact) mass is 195 g/mol. The highest BCUT2D eigenvalue weighted by atomic mass is 16.7. The zero-order chi connectivity index (χ0) is 9.60. The van der Waals surface area contributed by atoms with E-state index in [0.29, 0.717) is 12.5 Å². The predicted octanol–water partition coefficient (Wildman–Crippen LogP) is 0.186. The normalized spacial score (nSPS) is 45.4. The van der Waals surface area contributed by atoms with Gasteiger partial charge in [0.2, 0.25) is 0 Å². The molecule has 3 fully saturated rings. The highest BCUT2D eigenvalue weighted by Crippen LogP contribution is 2.43. The Labute approximate surface area is 84.1 Å². The van der Waals surface area contributed by atoms with Crippen molar-refractivity contribution in [2.45, 2.75) is 24.9 Å². The van der Waals surface area contributed by atoms with Gasteiger partial charge in [-0.05, 0) is 25.9 Å². The minimum atomic E-state index is 0.00516. The third kappa shape index (κ3) is 1.10. The van der Waals surface area contributed by atoms with E-state index in [1.165, 1.54) is 25.9 Å². The van der Waals surface area contributed by atoms with Crippen LogP contribution < -0.4 is 5.73 Å². The summed E-state index contributed by atoms with van der Waals surface area (Å²) in [5.74, 6) is 0.709. The van der Waals surface area contributed by atoms with Crippen molar-refractivity contribution < 1.29 is 4.84 Å². The Morgan fingerprint density at radius 2 is 2.29 bits per heavy atom. The van der Waals surface area contributed by atoms with Crippen LogP contribution in [0, 0.1) is 5.92 Å². The van der Waals surface area contributed by atoms with Crippen molar-refractivity contribution in [3.63, 3.8) is 0 Å². The van der Waals surface area contributed by atoms with E-state index in [4.69, 9.17) is 10.6 Å². The maximum absolute atomic E-state index is 5.69. The largest absolute Gasteiger partial charge is 0.387 e. The van der Waals surface area contributed by atoms with Crippen molar-refractivity contribution in [2.24, 2.45) is 16.8 Å². The lowest BCUT2D eigenvalue weighted by Crippen LogP contribution is -2.59. The Kier molecular flexibility index (Phi) is 1.82. The Morgan fingerprint density at radius 1 is 1.50 bits per heavy atom. The smallest absolute Gasteiger partial charge is 0.158 e. The minimum Gasteiger partial charge on any atom is -0.387 e. The molecule has 0 radical (unpaired) electrons. The molecule has 78 valence electrons. The molecule has 4 nitrogen and oxygen atoms in total. The van der Waals surface area contributed by atoms with Gasteiger partial charge in [0, 0.05) is 25.4 Å². The van der Waals surface area contributed by atoms with Crippen molar-refractivity contribution in [3.8, 4) is 0 Å². The van der Waals surface area contributed by atoms with Crippen molar-refractivity contribution in [2.75, 3.05) is 26.2 Å². The van der Waals surface area contributed by atoms with Gasteiger partial charge in [-0.3, -0.25) is 4.90 Å². The van der Waals surface area contributed by atoms with E-state index in [0.717, 1.165) is 18.7 Å². The molecule has 4 aliphatic heterocycles. The first-order valence-electron chi connectivity index (χ1n) is 5.49. The number of oxime groups is 1. The van der Waals surface area contributed by atoms with E-state index in [1.54, 1.807) is 0 Å². The third-order valence-electron chi connectivity index (χ3n) is 3.92. The van der Waals surface area contributed by atoms with Crippen LogP contribution in [0.1, 0.15) is 19.3 Å². The summed E-state index contributed by atoms with van der Waals surface area (Å²) in [6.45, 7) is 4.10. The molecular formula is C10H17N3O. The van der Waals surface area contributed by atoms with E-state index in [9.17, 15) is 0 Å². The first-order valence-corrected chi connectivity index (χ1v) is 5.49. The zero-order valence-electron chi connectivity index (χ0n) is 8.41. The molecular weight excluding hydrogens is 178 g/mol. The van der Waals surface area contributed by atoms with Gasteiger partial charge >= 0.3 is 0 Å². The number of hydrogen-bond acceptors (Lipinski definition) is 4. The molecule has 1 unspecified atom stereocenters. The van der Waals surface area contributed by atoms with Crippen LogP contribution >= 0.6 is 0 Å². The molecule has 4 rings (SSSR count). The van der Waals surface area contributed by atoms with Crippen LogP contribution in [-0.2, 0) is 4.84 Å². The van der Waals surface area contributed by atoms with Gasteiger partial charge in [0.05, 0.1) is 5.71 Å². The highest BCUT2D eigenvalue weighted by molar-refractivity contribution is 5.87. The van der Waals surface area contributed by atoms with Gasteiger partial charge in [-0.1, -0.05) is 5.16 Å². The number of nitrogens with two attached hydrogens (primary N) is 1. The van der Waals surface area contributed by atoms with Crippen LogP contribution in [0.5, 0.6) is 0 Å². The highest BCUT2D eigenvalue weighted by Gasteiger charge is 2.51. The van der Waals surface area contributed by atoms with Crippen molar-refractivity contribution >= 4 is 5.71 Å². The Balaban J connectivity index is 1.80. The fraction of sp³-hybridized carbons (Fsp3) is 0.900. The summed E-state index contributed by atoms with van der Waals surface area (Å²) in [4.78, 5) is 8.18. The first kappa shape index (κ1) is 8.68. The van der Waals surface area contributed by atoms with Gasteiger partial charge in [-0.15, -0.1) is 0 Å².